The molecule has 1 aliphatic heterocycles. The summed E-state index contributed by atoms with van der Waals surface area (Å²) in [6, 6.07) is 0. The zero-order chi connectivity index (χ0) is 14.4. The van der Waals surface area contributed by atoms with Crippen LogP contribution in [0.4, 0.5) is 5.95 Å². The summed E-state index contributed by atoms with van der Waals surface area (Å²) in [6.07, 6.45) is 2.26. The normalized spacial score (nSPS) is 22.8. The van der Waals surface area contributed by atoms with E-state index < -0.39 is 0 Å². The first kappa shape index (κ1) is 12.8. The Bertz CT molecular complexity index is 647. The van der Waals surface area contributed by atoms with Crippen molar-refractivity contribution in [1.82, 2.24) is 24.9 Å². The van der Waals surface area contributed by atoms with Crippen LogP contribution in [-0.2, 0) is 11.8 Å². The van der Waals surface area contributed by atoms with Gasteiger partial charge in [0.15, 0.2) is 0 Å². The lowest BCUT2D eigenvalue weighted by Crippen LogP contribution is -2.40. The number of aryl methyl sites for hydroxylation is 1. The predicted octanol–water partition coefficient (Wildman–Crippen LogP) is 0.962. The van der Waals surface area contributed by atoms with Crippen LogP contribution in [0.1, 0.15) is 42.4 Å². The topological polar surface area (TPSA) is 82.1 Å². The molecule has 112 valence electrons. The summed E-state index contributed by atoms with van der Waals surface area (Å²) >= 11 is 0. The Kier molecular flexibility index (Phi) is 2.91. The molecule has 8 heteroatoms. The highest BCUT2D eigenvalue weighted by Crippen LogP contribution is 2.39. The second-order valence-corrected chi connectivity index (χ2v) is 5.67. The number of hydrogen-bond donors (Lipinski definition) is 0. The molecule has 2 fully saturated rings. The molecule has 0 N–H and O–H groups in total. The molecule has 1 unspecified atom stereocenters. The molecule has 1 aliphatic carbocycles. The van der Waals surface area contributed by atoms with Gasteiger partial charge in [0, 0.05) is 26.4 Å². The minimum Gasteiger partial charge on any atom is -0.366 e. The molecule has 1 saturated carbocycles. The van der Waals surface area contributed by atoms with Crippen molar-refractivity contribution in [2.75, 3.05) is 24.6 Å². The van der Waals surface area contributed by atoms with Gasteiger partial charge in [0.1, 0.15) is 11.9 Å². The van der Waals surface area contributed by atoms with Gasteiger partial charge in [-0.1, -0.05) is 5.16 Å². The highest BCUT2D eigenvalue weighted by atomic mass is 16.5. The number of anilines is 1. The Hall–Kier alpha value is -1.96. The van der Waals surface area contributed by atoms with Crippen molar-refractivity contribution >= 4 is 5.95 Å². The number of ether oxygens (including phenoxy) is 1. The number of aromatic nitrogens is 5. The molecule has 0 aromatic carbocycles. The summed E-state index contributed by atoms with van der Waals surface area (Å²) in [6.45, 7) is 3.85. The lowest BCUT2D eigenvalue weighted by Gasteiger charge is -2.31. The van der Waals surface area contributed by atoms with Gasteiger partial charge in [0.05, 0.1) is 13.2 Å². The van der Waals surface area contributed by atoms with Gasteiger partial charge in [-0.2, -0.15) is 4.98 Å². The van der Waals surface area contributed by atoms with Gasteiger partial charge in [-0.05, 0) is 12.8 Å². The largest absolute Gasteiger partial charge is 0.366 e. The SMILES string of the molecule is Cc1nc(C2CN(c3nnc(C4CC4)n3C)CCO2)no1. The molecule has 0 spiro atoms. The fourth-order valence-corrected chi connectivity index (χ4v) is 2.74. The highest BCUT2D eigenvalue weighted by molar-refractivity contribution is 5.33. The van der Waals surface area contributed by atoms with Gasteiger partial charge < -0.3 is 18.7 Å². The van der Waals surface area contributed by atoms with Gasteiger partial charge >= 0.3 is 0 Å². The molecule has 1 saturated heterocycles. The molecule has 2 aromatic rings. The van der Waals surface area contributed by atoms with Crippen molar-refractivity contribution in [3.63, 3.8) is 0 Å². The molecule has 4 rings (SSSR count). The molecular formula is C13H18N6O2. The average molecular weight is 290 g/mol. The van der Waals surface area contributed by atoms with Crippen LogP contribution in [0.25, 0.3) is 0 Å². The smallest absolute Gasteiger partial charge is 0.227 e. The first-order valence-corrected chi connectivity index (χ1v) is 7.28. The van der Waals surface area contributed by atoms with E-state index in [9.17, 15) is 0 Å². The zero-order valence-electron chi connectivity index (χ0n) is 12.2. The molecular weight excluding hydrogens is 272 g/mol. The number of hydrogen-bond acceptors (Lipinski definition) is 7. The third-order valence-corrected chi connectivity index (χ3v) is 4.01. The molecule has 21 heavy (non-hydrogen) atoms. The summed E-state index contributed by atoms with van der Waals surface area (Å²) in [5.41, 5.74) is 0. The van der Waals surface area contributed by atoms with E-state index in [2.05, 4.69) is 29.8 Å². The Morgan fingerprint density at radius 2 is 2.10 bits per heavy atom. The van der Waals surface area contributed by atoms with E-state index in [-0.39, 0.29) is 6.10 Å². The van der Waals surface area contributed by atoms with E-state index in [0.717, 1.165) is 18.3 Å². The van der Waals surface area contributed by atoms with Gasteiger partial charge in [-0.15, -0.1) is 10.2 Å². The third kappa shape index (κ3) is 2.29. The van der Waals surface area contributed by atoms with E-state index in [4.69, 9.17) is 9.26 Å². The van der Waals surface area contributed by atoms with E-state index in [1.54, 1.807) is 6.92 Å². The Balaban J connectivity index is 1.55. The van der Waals surface area contributed by atoms with E-state index >= 15 is 0 Å². The molecule has 1 atom stereocenters. The Morgan fingerprint density at radius 3 is 2.81 bits per heavy atom. The molecule has 2 aromatic heterocycles. The summed E-state index contributed by atoms with van der Waals surface area (Å²) in [7, 11) is 2.03. The van der Waals surface area contributed by atoms with Crippen LogP contribution in [0.3, 0.4) is 0 Å². The molecule has 0 radical (unpaired) electrons. The fraction of sp³-hybridized carbons (Fsp3) is 0.692. The fourth-order valence-electron chi connectivity index (χ4n) is 2.74. The lowest BCUT2D eigenvalue weighted by molar-refractivity contribution is 0.0319. The van der Waals surface area contributed by atoms with Crippen molar-refractivity contribution in [2.45, 2.75) is 31.8 Å². The summed E-state index contributed by atoms with van der Waals surface area (Å²) in [4.78, 5) is 6.44. The van der Waals surface area contributed by atoms with Crippen LogP contribution in [0, 0.1) is 6.92 Å². The molecule has 2 aliphatic rings. The van der Waals surface area contributed by atoms with Crippen molar-refractivity contribution in [2.24, 2.45) is 7.05 Å². The van der Waals surface area contributed by atoms with Gasteiger partial charge in [-0.3, -0.25) is 0 Å². The van der Waals surface area contributed by atoms with E-state index in [1.165, 1.54) is 12.8 Å². The van der Waals surface area contributed by atoms with E-state index in [0.29, 0.717) is 30.8 Å². The maximum atomic E-state index is 5.75. The van der Waals surface area contributed by atoms with Crippen LogP contribution in [0.5, 0.6) is 0 Å². The van der Waals surface area contributed by atoms with Crippen LogP contribution in [-0.4, -0.2) is 44.6 Å². The summed E-state index contributed by atoms with van der Waals surface area (Å²) in [5, 5.41) is 12.6. The second kappa shape index (κ2) is 4.80. The molecule has 3 heterocycles. The number of nitrogens with zero attached hydrogens (tertiary/aromatic N) is 6. The van der Waals surface area contributed by atoms with Crippen LogP contribution < -0.4 is 4.90 Å². The van der Waals surface area contributed by atoms with Crippen molar-refractivity contribution in [3.05, 3.63) is 17.5 Å². The van der Waals surface area contributed by atoms with Crippen molar-refractivity contribution in [1.29, 1.82) is 0 Å². The Morgan fingerprint density at radius 1 is 1.24 bits per heavy atom. The maximum absolute atomic E-state index is 5.75. The predicted molar refractivity (Wildman–Crippen MR) is 72.9 cm³/mol. The summed E-state index contributed by atoms with van der Waals surface area (Å²) < 4.78 is 12.9. The molecule has 0 amide bonds. The Labute approximate surface area is 122 Å². The molecule has 8 nitrogen and oxygen atoms in total. The average Bonchev–Trinajstić information content (AvgIpc) is 3.13. The third-order valence-electron chi connectivity index (χ3n) is 4.01. The van der Waals surface area contributed by atoms with Gasteiger partial charge in [0.2, 0.25) is 17.7 Å². The first-order chi connectivity index (χ1) is 10.2. The lowest BCUT2D eigenvalue weighted by atomic mass is 10.2. The van der Waals surface area contributed by atoms with Crippen molar-refractivity contribution < 1.29 is 9.26 Å². The molecule has 0 bridgehead atoms. The standard InChI is InChI=1S/C13H18N6O2/c1-8-14-11(17-21-8)10-7-19(5-6-20-10)13-16-15-12(18(13)2)9-3-4-9/h9-10H,3-7H2,1-2H3. The number of morpholine rings is 1. The minimum atomic E-state index is -0.183. The first-order valence-electron chi connectivity index (χ1n) is 7.28. The van der Waals surface area contributed by atoms with Crippen LogP contribution in [0.2, 0.25) is 0 Å². The quantitative estimate of drug-likeness (QED) is 0.832. The zero-order valence-corrected chi connectivity index (χ0v) is 12.2. The maximum Gasteiger partial charge on any atom is 0.227 e. The highest BCUT2D eigenvalue weighted by Gasteiger charge is 2.32. The van der Waals surface area contributed by atoms with Gasteiger partial charge in [0.25, 0.3) is 0 Å². The second-order valence-electron chi connectivity index (χ2n) is 5.67. The van der Waals surface area contributed by atoms with E-state index in [1.807, 2.05) is 7.05 Å². The minimum absolute atomic E-state index is 0.183. The van der Waals surface area contributed by atoms with Gasteiger partial charge in [-0.25, -0.2) is 0 Å². The summed E-state index contributed by atoms with van der Waals surface area (Å²) in [5.74, 6) is 3.73. The van der Waals surface area contributed by atoms with Crippen LogP contribution >= 0.6 is 0 Å². The van der Waals surface area contributed by atoms with Crippen molar-refractivity contribution in [3.8, 4) is 0 Å². The monoisotopic (exact) mass is 290 g/mol. The van der Waals surface area contributed by atoms with Crippen LogP contribution in [0.15, 0.2) is 4.52 Å². The number of rotatable bonds is 3.